The lowest BCUT2D eigenvalue weighted by Crippen LogP contribution is -2.12. The van der Waals surface area contributed by atoms with Crippen molar-refractivity contribution in [2.45, 2.75) is 6.92 Å². The van der Waals surface area contributed by atoms with Crippen LogP contribution in [0.4, 0.5) is 0 Å². The van der Waals surface area contributed by atoms with Crippen LogP contribution in [0.5, 0.6) is 0 Å². The van der Waals surface area contributed by atoms with Crippen molar-refractivity contribution in [2.24, 2.45) is 0 Å². The molecule has 0 aliphatic heterocycles. The zero-order chi connectivity index (χ0) is 17.2. The summed E-state index contributed by atoms with van der Waals surface area (Å²) in [6.07, 6.45) is 0. The predicted octanol–water partition coefficient (Wildman–Crippen LogP) is 3.33. The minimum atomic E-state index is -0.935. The summed E-state index contributed by atoms with van der Waals surface area (Å²) in [5.41, 5.74) is 0.892. The first-order valence-electron chi connectivity index (χ1n) is 6.67. The molecule has 0 spiro atoms. The lowest BCUT2D eigenvalue weighted by Gasteiger charge is -2.02. The van der Waals surface area contributed by atoms with Crippen LogP contribution < -0.4 is 0 Å². The van der Waals surface area contributed by atoms with Crippen LogP contribution in [0.2, 0.25) is 0 Å². The quantitative estimate of drug-likeness (QED) is 0.534. The molecule has 0 amide bonds. The van der Waals surface area contributed by atoms with Gasteiger partial charge in [-0.15, -0.1) is 0 Å². The van der Waals surface area contributed by atoms with E-state index in [1.165, 1.54) is 6.92 Å². The van der Waals surface area contributed by atoms with E-state index in [0.717, 1.165) is 0 Å². The zero-order valence-electron chi connectivity index (χ0n) is 12.6. The Morgan fingerprint density at radius 3 is 1.39 bits per heavy atom. The summed E-state index contributed by atoms with van der Waals surface area (Å²) >= 11 is 0. The van der Waals surface area contributed by atoms with Gasteiger partial charge in [0, 0.05) is 5.57 Å². The molecule has 2 aromatic carbocycles. The fourth-order valence-corrected chi connectivity index (χ4v) is 1.35. The maximum Gasteiger partial charge on any atom is 0.346 e. The second-order valence-electron chi connectivity index (χ2n) is 4.49. The number of ether oxygens (including phenoxy) is 1. The Bertz CT molecular complexity index is 628. The van der Waals surface area contributed by atoms with Gasteiger partial charge in [-0.2, -0.15) is 0 Å². The maximum absolute atomic E-state index is 11.6. The molecular weight excluding hydrogens is 296 g/mol. The number of carbonyl (C=O) groups excluding carboxylic acids is 2. The van der Waals surface area contributed by atoms with Crippen LogP contribution in [-0.2, 0) is 9.53 Å². The van der Waals surface area contributed by atoms with Gasteiger partial charge in [0.15, 0.2) is 0 Å². The van der Waals surface area contributed by atoms with Gasteiger partial charge in [-0.25, -0.2) is 14.4 Å². The highest BCUT2D eigenvalue weighted by Gasteiger charge is 2.13. The summed E-state index contributed by atoms with van der Waals surface area (Å²) in [7, 11) is 0. The molecule has 23 heavy (non-hydrogen) atoms. The van der Waals surface area contributed by atoms with E-state index in [1.807, 2.05) is 0 Å². The van der Waals surface area contributed by atoms with Gasteiger partial charge in [-0.3, -0.25) is 0 Å². The molecule has 118 valence electrons. The SMILES string of the molecule is C=C(C)C(=O)O.O=C(OC(=O)c1ccccc1)c1ccccc1. The second-order valence-corrected chi connectivity index (χ2v) is 4.49. The number of aliphatic carboxylic acids is 1. The summed E-state index contributed by atoms with van der Waals surface area (Å²) in [6.45, 7) is 4.60. The molecule has 0 bridgehead atoms. The summed E-state index contributed by atoms with van der Waals surface area (Å²) in [6, 6.07) is 16.8. The molecule has 0 heterocycles. The average molecular weight is 312 g/mol. The fourth-order valence-electron chi connectivity index (χ4n) is 1.35. The lowest BCUT2D eigenvalue weighted by molar-refractivity contribution is -0.132. The molecule has 0 atom stereocenters. The monoisotopic (exact) mass is 312 g/mol. The molecule has 2 rings (SSSR count). The number of carboxylic acid groups (broad SMARTS) is 1. The summed E-state index contributed by atoms with van der Waals surface area (Å²) in [5, 5.41) is 7.89. The zero-order valence-corrected chi connectivity index (χ0v) is 12.6. The van der Waals surface area contributed by atoms with E-state index in [2.05, 4.69) is 6.58 Å². The van der Waals surface area contributed by atoms with E-state index in [9.17, 15) is 14.4 Å². The third-order valence-electron chi connectivity index (χ3n) is 2.57. The first-order valence-corrected chi connectivity index (χ1v) is 6.67. The molecule has 0 aromatic heterocycles. The number of carbonyl (C=O) groups is 3. The summed E-state index contributed by atoms with van der Waals surface area (Å²) in [5.74, 6) is -2.21. The fraction of sp³-hybridized carbons (Fsp3) is 0.0556. The average Bonchev–Trinajstić information content (AvgIpc) is 2.57. The molecule has 0 aliphatic carbocycles. The van der Waals surface area contributed by atoms with Gasteiger partial charge in [0.1, 0.15) is 0 Å². The molecule has 0 saturated heterocycles. The molecule has 0 fully saturated rings. The molecular formula is C18H16O5. The smallest absolute Gasteiger partial charge is 0.346 e. The number of benzene rings is 2. The van der Waals surface area contributed by atoms with Crippen molar-refractivity contribution < 1.29 is 24.2 Å². The number of esters is 2. The van der Waals surface area contributed by atoms with E-state index in [1.54, 1.807) is 60.7 Å². The van der Waals surface area contributed by atoms with Gasteiger partial charge in [-0.1, -0.05) is 43.0 Å². The molecule has 1 N–H and O–H groups in total. The summed E-state index contributed by atoms with van der Waals surface area (Å²) < 4.78 is 4.74. The number of carboxylic acids is 1. The van der Waals surface area contributed by atoms with Gasteiger partial charge in [0.25, 0.3) is 0 Å². The topological polar surface area (TPSA) is 80.7 Å². The summed E-state index contributed by atoms with van der Waals surface area (Å²) in [4.78, 5) is 32.8. The lowest BCUT2D eigenvalue weighted by atomic mass is 10.2. The van der Waals surface area contributed by atoms with Crippen LogP contribution in [0.1, 0.15) is 27.6 Å². The molecule has 0 saturated carbocycles. The highest BCUT2D eigenvalue weighted by atomic mass is 16.6. The van der Waals surface area contributed by atoms with E-state index in [4.69, 9.17) is 9.84 Å². The largest absolute Gasteiger partial charge is 0.478 e. The van der Waals surface area contributed by atoms with E-state index >= 15 is 0 Å². The van der Waals surface area contributed by atoms with Gasteiger partial charge < -0.3 is 9.84 Å². The molecule has 0 radical (unpaired) electrons. The maximum atomic E-state index is 11.6. The van der Waals surface area contributed by atoms with Crippen molar-refractivity contribution >= 4 is 17.9 Å². The van der Waals surface area contributed by atoms with Crippen molar-refractivity contribution in [3.8, 4) is 0 Å². The standard InChI is InChI=1S/C14H10O3.C4H6O2/c15-13(11-7-3-1-4-8-11)17-14(16)12-9-5-2-6-10-12;1-3(2)4(5)6/h1-10H;1H2,2H3,(H,5,6). The molecule has 5 nitrogen and oxygen atoms in total. The van der Waals surface area contributed by atoms with Crippen LogP contribution in [0.15, 0.2) is 72.8 Å². The van der Waals surface area contributed by atoms with Crippen LogP contribution in [0.3, 0.4) is 0 Å². The number of rotatable bonds is 3. The van der Waals surface area contributed by atoms with Gasteiger partial charge in [-0.05, 0) is 31.2 Å². The minimum absolute atomic E-state index is 0.176. The second kappa shape index (κ2) is 8.94. The Kier molecular flexibility index (Phi) is 6.94. The Hall–Kier alpha value is -3.21. The highest BCUT2D eigenvalue weighted by molar-refractivity contribution is 6.02. The molecule has 0 unspecified atom stereocenters. The van der Waals surface area contributed by atoms with Crippen molar-refractivity contribution in [1.29, 1.82) is 0 Å². The van der Waals surface area contributed by atoms with Crippen molar-refractivity contribution in [2.75, 3.05) is 0 Å². The predicted molar refractivity (Wildman–Crippen MR) is 85.1 cm³/mol. The highest BCUT2D eigenvalue weighted by Crippen LogP contribution is 2.06. The van der Waals surface area contributed by atoms with E-state index < -0.39 is 17.9 Å². The Labute approximate surface area is 133 Å². The van der Waals surface area contributed by atoms with Gasteiger partial charge in [0.05, 0.1) is 11.1 Å². The van der Waals surface area contributed by atoms with Crippen LogP contribution in [-0.4, -0.2) is 23.0 Å². The number of hydrogen-bond donors (Lipinski definition) is 1. The van der Waals surface area contributed by atoms with Gasteiger partial charge in [0.2, 0.25) is 0 Å². The number of hydrogen-bond acceptors (Lipinski definition) is 4. The van der Waals surface area contributed by atoms with Crippen molar-refractivity contribution in [3.63, 3.8) is 0 Å². The van der Waals surface area contributed by atoms with Crippen LogP contribution in [0, 0.1) is 0 Å². The first kappa shape index (κ1) is 17.8. The van der Waals surface area contributed by atoms with Crippen molar-refractivity contribution in [1.82, 2.24) is 0 Å². The van der Waals surface area contributed by atoms with E-state index in [0.29, 0.717) is 11.1 Å². The minimum Gasteiger partial charge on any atom is -0.478 e. The normalized spacial score (nSPS) is 9.09. The third-order valence-corrected chi connectivity index (χ3v) is 2.57. The molecule has 2 aromatic rings. The van der Waals surface area contributed by atoms with Crippen molar-refractivity contribution in [3.05, 3.63) is 83.9 Å². The Balaban J connectivity index is 0.000000379. The molecule has 0 aliphatic rings. The third kappa shape index (κ3) is 6.39. The Morgan fingerprint density at radius 2 is 1.13 bits per heavy atom. The molecule has 5 heteroatoms. The van der Waals surface area contributed by atoms with Crippen LogP contribution >= 0.6 is 0 Å². The first-order chi connectivity index (χ1) is 10.9. The van der Waals surface area contributed by atoms with Gasteiger partial charge >= 0.3 is 17.9 Å². The van der Waals surface area contributed by atoms with Crippen LogP contribution in [0.25, 0.3) is 0 Å². The van der Waals surface area contributed by atoms with E-state index in [-0.39, 0.29) is 5.57 Å². The Morgan fingerprint density at radius 1 is 0.826 bits per heavy atom.